The summed E-state index contributed by atoms with van der Waals surface area (Å²) in [6.45, 7) is 7.16. The molecule has 166 valence electrons. The first-order chi connectivity index (χ1) is 15.4. The second-order valence-electron chi connectivity index (χ2n) is 8.47. The zero-order valence-corrected chi connectivity index (χ0v) is 18.7. The highest BCUT2D eigenvalue weighted by Crippen LogP contribution is 2.25. The lowest BCUT2D eigenvalue weighted by atomic mass is 10.0. The van der Waals surface area contributed by atoms with E-state index in [9.17, 15) is 14.4 Å². The van der Waals surface area contributed by atoms with Gasteiger partial charge in [0.1, 0.15) is 17.4 Å². The maximum Gasteiger partial charge on any atom is 0.220 e. The monoisotopic (exact) mass is 434 g/mol. The van der Waals surface area contributed by atoms with Gasteiger partial charge in [0.2, 0.25) is 5.91 Å². The summed E-state index contributed by atoms with van der Waals surface area (Å²) in [5.41, 5.74) is 5.26. The average molecular weight is 435 g/mol. The van der Waals surface area contributed by atoms with Crippen LogP contribution >= 0.6 is 0 Å². The van der Waals surface area contributed by atoms with E-state index in [0.29, 0.717) is 36.3 Å². The highest BCUT2D eigenvalue weighted by atomic mass is 19.1. The Balaban J connectivity index is 1.40. The van der Waals surface area contributed by atoms with Crippen molar-refractivity contribution in [3.63, 3.8) is 0 Å². The lowest BCUT2D eigenvalue weighted by Crippen LogP contribution is -2.48. The van der Waals surface area contributed by atoms with Crippen LogP contribution in [-0.4, -0.2) is 39.6 Å². The molecular formula is C24H27FN6O. The van der Waals surface area contributed by atoms with E-state index in [4.69, 9.17) is 0 Å². The van der Waals surface area contributed by atoms with E-state index >= 15 is 0 Å². The zero-order chi connectivity index (χ0) is 22.8. The molecule has 1 atom stereocenters. The fourth-order valence-corrected chi connectivity index (χ4v) is 4.47. The topological polar surface area (TPSA) is 86.3 Å². The van der Waals surface area contributed by atoms with Crippen molar-refractivity contribution in [2.24, 2.45) is 0 Å². The van der Waals surface area contributed by atoms with Gasteiger partial charge in [-0.25, -0.2) is 13.9 Å². The minimum Gasteiger partial charge on any atom is -0.367 e. The molecule has 1 fully saturated rings. The Morgan fingerprint density at radius 2 is 2.16 bits per heavy atom. The fourth-order valence-electron chi connectivity index (χ4n) is 4.47. The largest absolute Gasteiger partial charge is 0.367 e. The van der Waals surface area contributed by atoms with Crippen LogP contribution in [0.4, 0.5) is 10.1 Å². The van der Waals surface area contributed by atoms with Crippen molar-refractivity contribution in [2.75, 3.05) is 18.0 Å². The molecule has 0 aliphatic carbocycles. The Kier molecular flexibility index (Phi) is 6.08. The molecule has 0 spiro atoms. The normalized spacial score (nSPS) is 16.2. The molecule has 32 heavy (non-hydrogen) atoms. The molecule has 0 bridgehead atoms. The lowest BCUT2D eigenvalue weighted by molar-refractivity contribution is -0.121. The zero-order valence-electron chi connectivity index (χ0n) is 18.7. The molecule has 3 aromatic rings. The van der Waals surface area contributed by atoms with Gasteiger partial charge in [0.15, 0.2) is 5.65 Å². The van der Waals surface area contributed by atoms with Crippen LogP contribution in [0.25, 0.3) is 5.65 Å². The van der Waals surface area contributed by atoms with Gasteiger partial charge < -0.3 is 10.2 Å². The Morgan fingerprint density at radius 1 is 1.34 bits per heavy atom. The van der Waals surface area contributed by atoms with E-state index < -0.39 is 0 Å². The number of hydrogen-bond donors (Lipinski definition) is 1. The number of carbonyl (C=O) groups excluding carboxylic acids is 1. The number of anilines is 1. The molecule has 1 aliphatic rings. The lowest BCUT2D eigenvalue weighted by Gasteiger charge is -2.35. The second-order valence-corrected chi connectivity index (χ2v) is 8.47. The first-order valence-electron chi connectivity index (χ1n) is 10.9. The van der Waals surface area contributed by atoms with Crippen molar-refractivity contribution in [3.05, 3.63) is 58.3 Å². The summed E-state index contributed by atoms with van der Waals surface area (Å²) < 4.78 is 16.0. The number of amides is 1. The maximum absolute atomic E-state index is 14.3. The number of aryl methyl sites for hydroxylation is 3. The van der Waals surface area contributed by atoms with Gasteiger partial charge in [-0.05, 0) is 63.3 Å². The molecule has 0 saturated carbocycles. The van der Waals surface area contributed by atoms with Gasteiger partial charge >= 0.3 is 0 Å². The maximum atomic E-state index is 14.3. The number of rotatable bonds is 5. The molecule has 1 N–H and O–H groups in total. The van der Waals surface area contributed by atoms with Crippen LogP contribution in [0.5, 0.6) is 0 Å². The van der Waals surface area contributed by atoms with Crippen LogP contribution in [0.15, 0.2) is 24.4 Å². The standard InChI is InChI=1S/C24H27FN6O/c1-15-6-8-21(25)22(11-15)30-10-4-5-19(14-30)29-23(32)9-7-20-16(2)28-24-18(12-26)13-27-31(24)17(20)3/h6,8,11,13,19H,4-5,7,9-10,14H2,1-3H3,(H,29,32). The van der Waals surface area contributed by atoms with E-state index in [2.05, 4.69) is 21.5 Å². The third kappa shape index (κ3) is 4.28. The van der Waals surface area contributed by atoms with Crippen molar-refractivity contribution in [1.29, 1.82) is 5.26 Å². The van der Waals surface area contributed by atoms with Crippen LogP contribution < -0.4 is 10.2 Å². The summed E-state index contributed by atoms with van der Waals surface area (Å²) in [4.78, 5) is 19.2. The van der Waals surface area contributed by atoms with Gasteiger partial charge in [-0.1, -0.05) is 6.07 Å². The number of nitrogens with zero attached hydrogens (tertiary/aromatic N) is 5. The minimum absolute atomic E-state index is 0.0109. The molecule has 1 aliphatic heterocycles. The number of hydrogen-bond acceptors (Lipinski definition) is 5. The Morgan fingerprint density at radius 3 is 2.94 bits per heavy atom. The molecule has 1 aromatic carbocycles. The summed E-state index contributed by atoms with van der Waals surface area (Å²) in [7, 11) is 0. The molecule has 3 heterocycles. The van der Waals surface area contributed by atoms with Crippen molar-refractivity contribution < 1.29 is 9.18 Å². The third-order valence-corrected chi connectivity index (χ3v) is 6.16. The highest BCUT2D eigenvalue weighted by Gasteiger charge is 2.24. The molecular weight excluding hydrogens is 407 g/mol. The molecule has 7 nitrogen and oxygen atoms in total. The number of piperidine rings is 1. The number of nitrogens with one attached hydrogen (secondary N) is 1. The van der Waals surface area contributed by atoms with E-state index in [0.717, 1.165) is 41.9 Å². The molecule has 4 rings (SSSR count). The summed E-state index contributed by atoms with van der Waals surface area (Å²) in [5, 5.41) is 16.6. The van der Waals surface area contributed by atoms with Gasteiger partial charge in [0.25, 0.3) is 0 Å². The molecule has 1 saturated heterocycles. The second kappa shape index (κ2) is 8.95. The average Bonchev–Trinajstić information content (AvgIpc) is 3.18. The first-order valence-corrected chi connectivity index (χ1v) is 10.9. The van der Waals surface area contributed by atoms with Gasteiger partial charge in [0, 0.05) is 36.9 Å². The predicted molar refractivity (Wildman–Crippen MR) is 120 cm³/mol. The van der Waals surface area contributed by atoms with Crippen molar-refractivity contribution in [3.8, 4) is 6.07 Å². The van der Waals surface area contributed by atoms with Crippen molar-refractivity contribution in [2.45, 2.75) is 52.5 Å². The molecule has 1 amide bonds. The Bertz CT molecular complexity index is 1210. The Labute approximate surface area is 186 Å². The molecule has 8 heteroatoms. The quantitative estimate of drug-likeness (QED) is 0.665. The van der Waals surface area contributed by atoms with Crippen LogP contribution in [0.3, 0.4) is 0 Å². The van der Waals surface area contributed by atoms with Crippen LogP contribution in [0.1, 0.15) is 47.3 Å². The molecule has 2 aromatic heterocycles. The summed E-state index contributed by atoms with van der Waals surface area (Å²) in [5.74, 6) is -0.256. The van der Waals surface area contributed by atoms with Crippen LogP contribution in [0.2, 0.25) is 0 Å². The number of fused-ring (bicyclic) bond motifs is 1. The number of carbonyl (C=O) groups is 1. The van der Waals surface area contributed by atoms with E-state index in [1.807, 2.05) is 31.7 Å². The van der Waals surface area contributed by atoms with Gasteiger partial charge in [-0.3, -0.25) is 4.79 Å². The van der Waals surface area contributed by atoms with Crippen LogP contribution in [0, 0.1) is 37.9 Å². The third-order valence-electron chi connectivity index (χ3n) is 6.16. The van der Waals surface area contributed by atoms with Gasteiger partial charge in [-0.2, -0.15) is 10.4 Å². The van der Waals surface area contributed by atoms with E-state index in [-0.39, 0.29) is 17.8 Å². The number of aromatic nitrogens is 3. The first kappa shape index (κ1) is 21.8. The van der Waals surface area contributed by atoms with Crippen molar-refractivity contribution >= 4 is 17.2 Å². The van der Waals surface area contributed by atoms with E-state index in [1.165, 1.54) is 12.3 Å². The van der Waals surface area contributed by atoms with Gasteiger partial charge in [0.05, 0.1) is 11.9 Å². The molecule has 1 unspecified atom stereocenters. The van der Waals surface area contributed by atoms with Gasteiger partial charge in [-0.15, -0.1) is 0 Å². The highest BCUT2D eigenvalue weighted by molar-refractivity contribution is 5.76. The summed E-state index contributed by atoms with van der Waals surface area (Å²) >= 11 is 0. The van der Waals surface area contributed by atoms with E-state index in [1.54, 1.807) is 10.6 Å². The SMILES string of the molecule is Cc1ccc(F)c(N2CCCC(NC(=O)CCc3c(C)nc4c(C#N)cnn4c3C)C2)c1. The van der Waals surface area contributed by atoms with Crippen LogP contribution in [-0.2, 0) is 11.2 Å². The summed E-state index contributed by atoms with van der Waals surface area (Å²) in [6.07, 6.45) is 4.16. The number of nitriles is 1. The Hall–Kier alpha value is -3.47. The predicted octanol–water partition coefficient (Wildman–Crippen LogP) is 3.38. The fraction of sp³-hybridized carbons (Fsp3) is 0.417. The number of benzene rings is 1. The minimum atomic E-state index is -0.227. The smallest absolute Gasteiger partial charge is 0.220 e. The van der Waals surface area contributed by atoms with Crippen molar-refractivity contribution in [1.82, 2.24) is 19.9 Å². The summed E-state index contributed by atoms with van der Waals surface area (Å²) in [6, 6.07) is 7.22. The molecule has 0 radical (unpaired) electrons. The number of halogens is 1.